The zero-order chi connectivity index (χ0) is 9.84. The second kappa shape index (κ2) is 4.58. The molecule has 0 unspecified atom stereocenters. The molecule has 0 atom stereocenters. The van der Waals surface area contributed by atoms with Crippen LogP contribution in [-0.4, -0.2) is 11.7 Å². The maximum absolute atomic E-state index is 11.0. The molecule has 0 saturated carbocycles. The molecule has 0 saturated heterocycles. The van der Waals surface area contributed by atoms with E-state index in [0.717, 1.165) is 16.1 Å². The molecular formula is C9H11NOS2. The van der Waals surface area contributed by atoms with Crippen LogP contribution >= 0.6 is 25.3 Å². The maximum Gasteiger partial charge on any atom is 0.234 e. The van der Waals surface area contributed by atoms with Crippen LogP contribution in [0.5, 0.6) is 0 Å². The number of benzene rings is 1. The summed E-state index contributed by atoms with van der Waals surface area (Å²) in [5.41, 5.74) is 1.82. The number of aryl methyl sites for hydroxylation is 1. The number of rotatable bonds is 2. The van der Waals surface area contributed by atoms with E-state index < -0.39 is 0 Å². The Morgan fingerprint density at radius 1 is 1.54 bits per heavy atom. The molecule has 1 rings (SSSR count). The summed E-state index contributed by atoms with van der Waals surface area (Å²) in [6.45, 7) is 1.92. The molecule has 0 aromatic heterocycles. The summed E-state index contributed by atoms with van der Waals surface area (Å²) in [6.07, 6.45) is 0. The lowest BCUT2D eigenvalue weighted by Gasteiger charge is -2.06. The van der Waals surface area contributed by atoms with E-state index >= 15 is 0 Å². The molecule has 1 amide bonds. The van der Waals surface area contributed by atoms with Crippen molar-refractivity contribution in [3.8, 4) is 0 Å². The summed E-state index contributed by atoms with van der Waals surface area (Å²) >= 11 is 8.06. The molecule has 0 aliphatic rings. The van der Waals surface area contributed by atoms with Crippen LogP contribution in [0, 0.1) is 6.92 Å². The van der Waals surface area contributed by atoms with Crippen LogP contribution in [0.15, 0.2) is 23.1 Å². The number of carbonyl (C=O) groups excluding carboxylic acids is 1. The summed E-state index contributed by atoms with van der Waals surface area (Å²) in [5, 5.41) is 2.74. The van der Waals surface area contributed by atoms with Crippen LogP contribution in [0.1, 0.15) is 5.56 Å². The SMILES string of the molecule is Cc1cc(S)ccc1NC(=O)CS. The van der Waals surface area contributed by atoms with Gasteiger partial charge in [-0.3, -0.25) is 4.79 Å². The Balaban J connectivity index is 2.83. The van der Waals surface area contributed by atoms with Crippen molar-refractivity contribution in [2.75, 3.05) is 11.1 Å². The maximum atomic E-state index is 11.0. The molecule has 1 aromatic rings. The smallest absolute Gasteiger partial charge is 0.234 e. The van der Waals surface area contributed by atoms with Gasteiger partial charge in [0.1, 0.15) is 0 Å². The van der Waals surface area contributed by atoms with Crippen molar-refractivity contribution in [2.24, 2.45) is 0 Å². The molecule has 1 N–H and O–H groups in total. The summed E-state index contributed by atoms with van der Waals surface area (Å²) < 4.78 is 0. The van der Waals surface area contributed by atoms with Crippen molar-refractivity contribution in [1.82, 2.24) is 0 Å². The normalized spacial score (nSPS) is 9.77. The van der Waals surface area contributed by atoms with Gasteiger partial charge >= 0.3 is 0 Å². The van der Waals surface area contributed by atoms with E-state index in [2.05, 4.69) is 30.6 Å². The molecule has 70 valence electrons. The topological polar surface area (TPSA) is 29.1 Å². The number of amides is 1. The van der Waals surface area contributed by atoms with E-state index in [-0.39, 0.29) is 11.7 Å². The predicted molar refractivity (Wildman–Crippen MR) is 60.9 cm³/mol. The first kappa shape index (κ1) is 10.5. The van der Waals surface area contributed by atoms with Crippen LogP contribution < -0.4 is 5.32 Å². The number of anilines is 1. The van der Waals surface area contributed by atoms with Gasteiger partial charge in [0, 0.05) is 10.6 Å². The largest absolute Gasteiger partial charge is 0.325 e. The summed E-state index contributed by atoms with van der Waals surface area (Å²) in [5.74, 6) is 0.0977. The van der Waals surface area contributed by atoms with Crippen molar-refractivity contribution in [1.29, 1.82) is 0 Å². The van der Waals surface area contributed by atoms with E-state index in [9.17, 15) is 4.79 Å². The molecule has 13 heavy (non-hydrogen) atoms. The summed E-state index contributed by atoms with van der Waals surface area (Å²) in [4.78, 5) is 11.9. The molecule has 2 nitrogen and oxygen atoms in total. The van der Waals surface area contributed by atoms with Crippen molar-refractivity contribution in [2.45, 2.75) is 11.8 Å². The molecule has 0 aliphatic carbocycles. The number of hydrogen-bond acceptors (Lipinski definition) is 3. The van der Waals surface area contributed by atoms with Gasteiger partial charge in [-0.15, -0.1) is 12.6 Å². The van der Waals surface area contributed by atoms with Gasteiger partial charge in [0.15, 0.2) is 0 Å². The first-order valence-electron chi connectivity index (χ1n) is 3.84. The Labute approximate surface area is 88.5 Å². The lowest BCUT2D eigenvalue weighted by Crippen LogP contribution is -2.13. The van der Waals surface area contributed by atoms with Gasteiger partial charge in [-0.05, 0) is 30.7 Å². The van der Waals surface area contributed by atoms with Gasteiger partial charge in [0.25, 0.3) is 0 Å². The van der Waals surface area contributed by atoms with E-state index in [0.29, 0.717) is 0 Å². The number of hydrogen-bond donors (Lipinski definition) is 3. The van der Waals surface area contributed by atoms with Gasteiger partial charge in [-0.2, -0.15) is 12.6 Å². The zero-order valence-corrected chi connectivity index (χ0v) is 9.03. The van der Waals surface area contributed by atoms with Gasteiger partial charge in [-0.25, -0.2) is 0 Å². The minimum Gasteiger partial charge on any atom is -0.325 e. The van der Waals surface area contributed by atoms with Crippen molar-refractivity contribution >= 4 is 36.9 Å². The fraction of sp³-hybridized carbons (Fsp3) is 0.222. The Kier molecular flexibility index (Phi) is 3.69. The van der Waals surface area contributed by atoms with Crippen molar-refractivity contribution in [3.63, 3.8) is 0 Å². The molecule has 0 aliphatic heterocycles. The third-order valence-corrected chi connectivity index (χ3v) is 2.19. The quantitative estimate of drug-likeness (QED) is 0.646. The van der Waals surface area contributed by atoms with E-state index in [1.807, 2.05) is 25.1 Å². The fourth-order valence-corrected chi connectivity index (χ4v) is 1.33. The minimum absolute atomic E-state index is 0.0988. The van der Waals surface area contributed by atoms with Gasteiger partial charge in [-0.1, -0.05) is 0 Å². The van der Waals surface area contributed by atoms with Gasteiger partial charge < -0.3 is 5.32 Å². The molecule has 0 bridgehead atoms. The highest BCUT2D eigenvalue weighted by molar-refractivity contribution is 7.81. The second-order valence-electron chi connectivity index (χ2n) is 2.71. The third-order valence-electron chi connectivity index (χ3n) is 1.63. The Hall–Kier alpha value is -0.610. The predicted octanol–water partition coefficient (Wildman–Crippen LogP) is 2.15. The van der Waals surface area contributed by atoms with Gasteiger partial charge in [0.2, 0.25) is 5.91 Å². The summed E-state index contributed by atoms with van der Waals surface area (Å²) in [7, 11) is 0. The summed E-state index contributed by atoms with van der Waals surface area (Å²) in [6, 6.07) is 5.57. The number of carbonyl (C=O) groups is 1. The first-order chi connectivity index (χ1) is 6.13. The highest BCUT2D eigenvalue weighted by Gasteiger charge is 2.01. The lowest BCUT2D eigenvalue weighted by atomic mass is 10.2. The van der Waals surface area contributed by atoms with E-state index in [4.69, 9.17) is 0 Å². The Morgan fingerprint density at radius 3 is 2.77 bits per heavy atom. The Bertz CT molecular complexity index is 325. The standard InChI is InChI=1S/C9H11NOS2/c1-6-4-7(13)2-3-8(6)10-9(11)5-12/h2-4,12-13H,5H2,1H3,(H,10,11). The average molecular weight is 213 g/mol. The van der Waals surface area contributed by atoms with Crippen LogP contribution in [0.4, 0.5) is 5.69 Å². The molecule has 0 radical (unpaired) electrons. The highest BCUT2D eigenvalue weighted by atomic mass is 32.1. The number of nitrogens with one attached hydrogen (secondary N) is 1. The van der Waals surface area contributed by atoms with E-state index in [1.54, 1.807) is 0 Å². The molecule has 0 spiro atoms. The average Bonchev–Trinajstić information content (AvgIpc) is 2.09. The third kappa shape index (κ3) is 2.97. The lowest BCUT2D eigenvalue weighted by molar-refractivity contribution is -0.113. The van der Waals surface area contributed by atoms with Crippen LogP contribution in [0.2, 0.25) is 0 Å². The van der Waals surface area contributed by atoms with Crippen LogP contribution in [0.25, 0.3) is 0 Å². The molecule has 0 fully saturated rings. The van der Waals surface area contributed by atoms with Crippen molar-refractivity contribution in [3.05, 3.63) is 23.8 Å². The molecule has 1 aromatic carbocycles. The van der Waals surface area contributed by atoms with Crippen LogP contribution in [-0.2, 0) is 4.79 Å². The number of thiol groups is 2. The minimum atomic E-state index is -0.0988. The molecule has 0 heterocycles. The Morgan fingerprint density at radius 2 is 2.23 bits per heavy atom. The van der Waals surface area contributed by atoms with Crippen LogP contribution in [0.3, 0.4) is 0 Å². The first-order valence-corrected chi connectivity index (χ1v) is 4.92. The van der Waals surface area contributed by atoms with E-state index in [1.165, 1.54) is 0 Å². The molecule has 4 heteroatoms. The van der Waals surface area contributed by atoms with Gasteiger partial charge in [0.05, 0.1) is 5.75 Å². The highest BCUT2D eigenvalue weighted by Crippen LogP contribution is 2.18. The fourth-order valence-electron chi connectivity index (χ4n) is 0.978. The zero-order valence-electron chi connectivity index (χ0n) is 7.24. The molecular weight excluding hydrogens is 202 g/mol. The van der Waals surface area contributed by atoms with Crippen molar-refractivity contribution < 1.29 is 4.79 Å². The second-order valence-corrected chi connectivity index (χ2v) is 3.54. The monoisotopic (exact) mass is 213 g/mol.